The number of anilines is 2. The molecule has 3 rings (SSSR count). The van der Waals surface area contributed by atoms with Crippen molar-refractivity contribution < 1.29 is 9.53 Å². The van der Waals surface area contributed by atoms with Crippen molar-refractivity contribution in [3.8, 4) is 0 Å². The van der Waals surface area contributed by atoms with Crippen LogP contribution in [0.25, 0.3) is 0 Å². The number of carbonyl (C=O) groups is 1. The minimum Gasteiger partial charge on any atom is -0.465 e. The van der Waals surface area contributed by atoms with Gasteiger partial charge in [-0.05, 0) is 61.2 Å². The zero-order valence-electron chi connectivity index (χ0n) is 14.0. The van der Waals surface area contributed by atoms with Crippen molar-refractivity contribution in [2.45, 2.75) is 26.2 Å². The number of halogens is 1. The third-order valence-electron chi connectivity index (χ3n) is 4.21. The summed E-state index contributed by atoms with van der Waals surface area (Å²) in [4.78, 5) is 13.5. The van der Waals surface area contributed by atoms with E-state index in [0.717, 1.165) is 35.5 Å². The molecule has 132 valence electrons. The van der Waals surface area contributed by atoms with Gasteiger partial charge in [0.25, 0.3) is 0 Å². The van der Waals surface area contributed by atoms with Crippen molar-refractivity contribution in [3.05, 3.63) is 45.3 Å². The molecule has 0 aliphatic heterocycles. The Balaban J connectivity index is 1.84. The van der Waals surface area contributed by atoms with Crippen molar-refractivity contribution in [3.63, 3.8) is 0 Å². The zero-order valence-corrected chi connectivity index (χ0v) is 16.4. The van der Waals surface area contributed by atoms with Crippen molar-refractivity contribution >= 4 is 56.9 Å². The van der Waals surface area contributed by atoms with E-state index in [2.05, 4.69) is 17.6 Å². The highest BCUT2D eigenvalue weighted by atomic mass is 35.5. The van der Waals surface area contributed by atoms with E-state index in [9.17, 15) is 4.79 Å². The molecule has 1 heterocycles. The maximum absolute atomic E-state index is 12.3. The number of thiocarbonyl (C=S) groups is 1. The fourth-order valence-electron chi connectivity index (χ4n) is 2.99. The largest absolute Gasteiger partial charge is 0.465 e. The summed E-state index contributed by atoms with van der Waals surface area (Å²) in [7, 11) is 1.41. The van der Waals surface area contributed by atoms with E-state index in [0.29, 0.717) is 21.6 Å². The van der Waals surface area contributed by atoms with Crippen molar-refractivity contribution in [2.24, 2.45) is 5.92 Å². The lowest BCUT2D eigenvalue weighted by atomic mass is 9.88. The van der Waals surface area contributed by atoms with Gasteiger partial charge in [0.05, 0.1) is 12.7 Å². The first-order chi connectivity index (χ1) is 12.0. The third-order valence-corrected chi connectivity index (χ3v) is 5.82. The molecule has 2 aromatic rings. The molecular formula is C18H19ClN2O2S2. The Labute approximate surface area is 161 Å². The van der Waals surface area contributed by atoms with E-state index in [-0.39, 0.29) is 5.97 Å². The number of hydrogen-bond donors (Lipinski definition) is 2. The minimum absolute atomic E-state index is 0.319. The summed E-state index contributed by atoms with van der Waals surface area (Å²) in [5.74, 6) is 0.307. The predicted octanol–water partition coefficient (Wildman–Crippen LogP) is 5.12. The molecule has 1 atom stereocenters. The molecule has 1 unspecified atom stereocenters. The van der Waals surface area contributed by atoms with Gasteiger partial charge in [-0.2, -0.15) is 0 Å². The van der Waals surface area contributed by atoms with Gasteiger partial charge in [0, 0.05) is 15.6 Å². The minimum atomic E-state index is -0.319. The van der Waals surface area contributed by atoms with Crippen LogP contribution < -0.4 is 10.6 Å². The summed E-state index contributed by atoms with van der Waals surface area (Å²) < 4.78 is 4.99. The summed E-state index contributed by atoms with van der Waals surface area (Å²) in [5.41, 5.74) is 2.51. The molecule has 0 radical (unpaired) electrons. The second kappa shape index (κ2) is 7.72. The Bertz CT molecular complexity index is 819. The number of thiophene rings is 1. The molecule has 1 aliphatic carbocycles. The molecule has 7 heteroatoms. The maximum Gasteiger partial charge on any atom is 0.341 e. The number of nitrogens with one attached hydrogen (secondary N) is 2. The first-order valence-electron chi connectivity index (χ1n) is 8.04. The molecule has 0 saturated heterocycles. The average Bonchev–Trinajstić information content (AvgIpc) is 2.90. The average molecular weight is 395 g/mol. The van der Waals surface area contributed by atoms with E-state index in [1.54, 1.807) is 23.5 Å². The molecule has 1 aromatic carbocycles. The molecule has 25 heavy (non-hydrogen) atoms. The normalized spacial score (nSPS) is 16.0. The molecule has 1 aromatic heterocycles. The number of ether oxygens (including phenoxy) is 1. The van der Waals surface area contributed by atoms with E-state index in [1.807, 2.05) is 12.1 Å². The van der Waals surface area contributed by atoms with Crippen LogP contribution in [0.1, 0.15) is 34.1 Å². The SMILES string of the molecule is COC(=O)c1c(NC(=S)Nc2cccc(Cl)c2)sc2c1CCC(C)C2. The van der Waals surface area contributed by atoms with E-state index >= 15 is 0 Å². The second-order valence-electron chi connectivity index (χ2n) is 6.14. The molecule has 2 N–H and O–H groups in total. The van der Waals surface area contributed by atoms with Gasteiger partial charge < -0.3 is 15.4 Å². The van der Waals surface area contributed by atoms with Crippen molar-refractivity contribution in [2.75, 3.05) is 17.7 Å². The van der Waals surface area contributed by atoms with Gasteiger partial charge in [0.2, 0.25) is 0 Å². The standard InChI is InChI=1S/C18H19ClN2O2S2/c1-10-6-7-13-14(8-10)25-16(15(13)17(22)23-2)21-18(24)20-12-5-3-4-11(19)9-12/h3-5,9-10H,6-8H2,1-2H3,(H2,20,21,24). The van der Waals surface area contributed by atoms with Gasteiger partial charge in [-0.3, -0.25) is 0 Å². The van der Waals surface area contributed by atoms with Gasteiger partial charge in [-0.1, -0.05) is 24.6 Å². The highest BCUT2D eigenvalue weighted by Gasteiger charge is 2.28. The Morgan fingerprint density at radius 1 is 1.40 bits per heavy atom. The molecule has 1 aliphatic rings. The number of carbonyl (C=O) groups excluding carboxylic acids is 1. The van der Waals surface area contributed by atoms with Gasteiger partial charge >= 0.3 is 5.97 Å². The van der Waals surface area contributed by atoms with Crippen molar-refractivity contribution in [1.29, 1.82) is 0 Å². The van der Waals surface area contributed by atoms with Crippen LogP contribution in [0.15, 0.2) is 24.3 Å². The quantitative estimate of drug-likeness (QED) is 0.558. The number of methoxy groups -OCH3 is 1. The smallest absolute Gasteiger partial charge is 0.341 e. The van der Waals surface area contributed by atoms with Crippen LogP contribution in [0.5, 0.6) is 0 Å². The van der Waals surface area contributed by atoms with Crippen LogP contribution in [0.2, 0.25) is 5.02 Å². The van der Waals surface area contributed by atoms with Crippen LogP contribution in [0.3, 0.4) is 0 Å². The monoisotopic (exact) mass is 394 g/mol. The highest BCUT2D eigenvalue weighted by Crippen LogP contribution is 2.40. The summed E-state index contributed by atoms with van der Waals surface area (Å²) in [6, 6.07) is 7.31. The second-order valence-corrected chi connectivity index (χ2v) is 8.09. The van der Waals surface area contributed by atoms with E-state index < -0.39 is 0 Å². The molecule has 4 nitrogen and oxygen atoms in total. The number of hydrogen-bond acceptors (Lipinski definition) is 4. The van der Waals surface area contributed by atoms with Crippen LogP contribution in [0, 0.1) is 5.92 Å². The summed E-state index contributed by atoms with van der Waals surface area (Å²) >= 11 is 13.0. The Morgan fingerprint density at radius 3 is 2.92 bits per heavy atom. The number of rotatable bonds is 3. The first kappa shape index (κ1) is 18.2. The Hall–Kier alpha value is -1.63. The molecule has 0 fully saturated rings. The van der Waals surface area contributed by atoms with Gasteiger partial charge in [-0.15, -0.1) is 11.3 Å². The third kappa shape index (κ3) is 4.14. The fraction of sp³-hybridized carbons (Fsp3) is 0.333. The summed E-state index contributed by atoms with van der Waals surface area (Å²) in [6.45, 7) is 2.24. The van der Waals surface area contributed by atoms with Crippen LogP contribution in [-0.2, 0) is 17.6 Å². The van der Waals surface area contributed by atoms with Gasteiger partial charge in [0.1, 0.15) is 5.00 Å². The van der Waals surface area contributed by atoms with Gasteiger partial charge in [0.15, 0.2) is 5.11 Å². The van der Waals surface area contributed by atoms with E-state index in [1.165, 1.54) is 12.0 Å². The lowest BCUT2D eigenvalue weighted by Crippen LogP contribution is -2.20. The number of esters is 1. The highest BCUT2D eigenvalue weighted by molar-refractivity contribution is 7.80. The van der Waals surface area contributed by atoms with Crippen LogP contribution in [0.4, 0.5) is 10.7 Å². The van der Waals surface area contributed by atoms with Crippen molar-refractivity contribution in [1.82, 2.24) is 0 Å². The van der Waals surface area contributed by atoms with Crippen LogP contribution >= 0.6 is 35.2 Å². The lowest BCUT2D eigenvalue weighted by Gasteiger charge is -2.18. The Kier molecular flexibility index (Phi) is 5.61. The zero-order chi connectivity index (χ0) is 18.0. The summed E-state index contributed by atoms with van der Waals surface area (Å²) in [6.07, 6.45) is 2.96. The molecule has 0 spiro atoms. The van der Waals surface area contributed by atoms with E-state index in [4.69, 9.17) is 28.6 Å². The predicted molar refractivity (Wildman–Crippen MR) is 108 cm³/mol. The number of benzene rings is 1. The number of fused-ring (bicyclic) bond motifs is 1. The first-order valence-corrected chi connectivity index (χ1v) is 9.64. The topological polar surface area (TPSA) is 50.4 Å². The molecule has 0 bridgehead atoms. The lowest BCUT2D eigenvalue weighted by molar-refractivity contribution is 0.0601. The Morgan fingerprint density at radius 2 is 2.20 bits per heavy atom. The summed E-state index contributed by atoms with van der Waals surface area (Å²) in [5, 5.41) is 8.04. The maximum atomic E-state index is 12.3. The molecule has 0 amide bonds. The molecule has 0 saturated carbocycles. The van der Waals surface area contributed by atoms with Gasteiger partial charge in [-0.25, -0.2) is 4.79 Å². The fourth-order valence-corrected chi connectivity index (χ4v) is 4.87. The molecular weight excluding hydrogens is 376 g/mol. The van der Waals surface area contributed by atoms with Crippen LogP contribution in [-0.4, -0.2) is 18.2 Å².